The van der Waals surface area contributed by atoms with Crippen LogP contribution in [0.25, 0.3) is 21.9 Å². The summed E-state index contributed by atoms with van der Waals surface area (Å²) in [4.78, 5) is 24.2. The number of pyridine rings is 2. The van der Waals surface area contributed by atoms with Crippen molar-refractivity contribution in [1.29, 1.82) is 0 Å². The molecule has 0 bridgehead atoms. The third kappa shape index (κ3) is 4.59. The van der Waals surface area contributed by atoms with Gasteiger partial charge in [-0.05, 0) is 35.2 Å². The number of fused-ring (bicyclic) bond motifs is 1. The van der Waals surface area contributed by atoms with Gasteiger partial charge in [-0.2, -0.15) is 5.10 Å². The van der Waals surface area contributed by atoms with Crippen molar-refractivity contribution in [1.82, 2.24) is 24.6 Å². The van der Waals surface area contributed by atoms with Gasteiger partial charge < -0.3 is 4.74 Å². The topological polar surface area (TPSA) is 73.1 Å². The Morgan fingerprint density at radius 2 is 1.84 bits per heavy atom. The lowest BCUT2D eigenvalue weighted by atomic mass is 10.0. The average molecular weight is 428 g/mol. The number of aromatic nitrogens is 4. The Morgan fingerprint density at radius 3 is 2.66 bits per heavy atom. The number of carbonyl (C=O) groups excluding carboxylic acids is 1. The van der Waals surface area contributed by atoms with E-state index in [-0.39, 0.29) is 12.2 Å². The number of nitrogens with zero attached hydrogens (tertiary/aromatic N) is 5. The first-order valence-corrected chi connectivity index (χ1v) is 10.8. The van der Waals surface area contributed by atoms with Crippen molar-refractivity contribution in [2.45, 2.75) is 13.0 Å². The van der Waals surface area contributed by atoms with E-state index in [1.807, 2.05) is 37.8 Å². The third-order valence-electron chi connectivity index (χ3n) is 5.79. The number of morpholine rings is 1. The smallest absolute Gasteiger partial charge is 0.168 e. The zero-order chi connectivity index (χ0) is 21.9. The SMILES string of the molecule is Cn1cc(-c2ccc3cnc(CC(=O)c4ccnc(CN5CCOCC5)c4)cc3c2)cn1. The number of carbonyl (C=O) groups is 1. The molecule has 0 amide bonds. The molecule has 1 fully saturated rings. The molecule has 0 radical (unpaired) electrons. The fourth-order valence-electron chi connectivity index (χ4n) is 4.03. The van der Waals surface area contributed by atoms with E-state index in [2.05, 4.69) is 38.2 Å². The molecule has 1 aliphatic heterocycles. The first-order chi connectivity index (χ1) is 15.6. The van der Waals surface area contributed by atoms with E-state index >= 15 is 0 Å². The molecular formula is C25H25N5O2. The Labute approximate surface area is 186 Å². The summed E-state index contributed by atoms with van der Waals surface area (Å²) < 4.78 is 7.19. The molecule has 1 aromatic carbocycles. The lowest BCUT2D eigenvalue weighted by molar-refractivity contribution is 0.0336. The van der Waals surface area contributed by atoms with Gasteiger partial charge in [0.25, 0.3) is 0 Å². The number of benzene rings is 1. The third-order valence-corrected chi connectivity index (χ3v) is 5.79. The molecule has 162 valence electrons. The number of rotatable bonds is 6. The summed E-state index contributed by atoms with van der Waals surface area (Å²) >= 11 is 0. The van der Waals surface area contributed by atoms with Gasteiger partial charge in [-0.25, -0.2) is 0 Å². The summed E-state index contributed by atoms with van der Waals surface area (Å²) in [6, 6.07) is 11.9. The predicted molar refractivity (Wildman–Crippen MR) is 122 cm³/mol. The molecule has 1 aliphatic rings. The van der Waals surface area contributed by atoms with E-state index in [0.717, 1.165) is 66.1 Å². The molecule has 0 N–H and O–H groups in total. The highest BCUT2D eigenvalue weighted by Crippen LogP contribution is 2.24. The summed E-state index contributed by atoms with van der Waals surface area (Å²) in [5, 5.41) is 6.36. The second-order valence-electron chi connectivity index (χ2n) is 8.16. The quantitative estimate of drug-likeness (QED) is 0.440. The summed E-state index contributed by atoms with van der Waals surface area (Å²) in [5.74, 6) is 0.0471. The maximum atomic E-state index is 13.0. The van der Waals surface area contributed by atoms with Crippen LogP contribution in [0.5, 0.6) is 0 Å². The number of ketones is 1. The molecule has 7 nitrogen and oxygen atoms in total. The van der Waals surface area contributed by atoms with Crippen molar-refractivity contribution in [3.8, 4) is 11.1 Å². The predicted octanol–water partition coefficient (Wildman–Crippen LogP) is 3.29. The Balaban J connectivity index is 1.33. The van der Waals surface area contributed by atoms with E-state index in [1.165, 1.54) is 0 Å². The molecular weight excluding hydrogens is 402 g/mol. The monoisotopic (exact) mass is 427 g/mol. The molecule has 0 spiro atoms. The van der Waals surface area contributed by atoms with Gasteiger partial charge in [0.2, 0.25) is 0 Å². The van der Waals surface area contributed by atoms with Crippen molar-refractivity contribution >= 4 is 16.6 Å². The lowest BCUT2D eigenvalue weighted by Crippen LogP contribution is -2.35. The minimum absolute atomic E-state index is 0.0471. The van der Waals surface area contributed by atoms with Crippen molar-refractivity contribution in [2.75, 3.05) is 26.3 Å². The number of hydrogen-bond acceptors (Lipinski definition) is 6. The first-order valence-electron chi connectivity index (χ1n) is 10.8. The van der Waals surface area contributed by atoms with E-state index < -0.39 is 0 Å². The summed E-state index contributed by atoms with van der Waals surface area (Å²) in [7, 11) is 1.91. The first kappa shape index (κ1) is 20.5. The molecule has 1 saturated heterocycles. The number of hydrogen-bond donors (Lipinski definition) is 0. The molecule has 3 aromatic heterocycles. The minimum Gasteiger partial charge on any atom is -0.379 e. The van der Waals surface area contributed by atoms with Crippen LogP contribution >= 0.6 is 0 Å². The largest absolute Gasteiger partial charge is 0.379 e. The summed E-state index contributed by atoms with van der Waals surface area (Å²) in [5.41, 5.74) is 4.50. The van der Waals surface area contributed by atoms with Crippen LogP contribution in [0.1, 0.15) is 21.7 Å². The van der Waals surface area contributed by atoms with Crippen LogP contribution in [0.2, 0.25) is 0 Å². The molecule has 4 heterocycles. The van der Waals surface area contributed by atoms with Crippen LogP contribution in [-0.4, -0.2) is 56.7 Å². The maximum Gasteiger partial charge on any atom is 0.168 e. The van der Waals surface area contributed by atoms with Crippen molar-refractivity contribution < 1.29 is 9.53 Å². The second kappa shape index (κ2) is 8.98. The Bertz CT molecular complexity index is 1260. The van der Waals surface area contributed by atoms with E-state index in [4.69, 9.17) is 4.74 Å². The molecule has 0 aliphatic carbocycles. The van der Waals surface area contributed by atoms with Crippen molar-refractivity contribution in [3.05, 3.63) is 78.1 Å². The van der Waals surface area contributed by atoms with Gasteiger partial charge in [0.15, 0.2) is 5.78 Å². The standard InChI is InChI=1S/C25H25N5O2/c1-29-16-22(15-28-29)18-2-3-20-14-27-23(12-21(20)10-18)13-25(31)19-4-5-26-24(11-19)17-30-6-8-32-9-7-30/h2-5,10-12,14-16H,6-9,13,17H2,1H3. The zero-order valence-corrected chi connectivity index (χ0v) is 18.1. The number of aryl methyl sites for hydroxylation is 1. The molecule has 0 unspecified atom stereocenters. The molecule has 0 atom stereocenters. The lowest BCUT2D eigenvalue weighted by Gasteiger charge is -2.26. The highest BCUT2D eigenvalue weighted by Gasteiger charge is 2.14. The fourth-order valence-corrected chi connectivity index (χ4v) is 4.03. The molecule has 7 heteroatoms. The van der Waals surface area contributed by atoms with Crippen LogP contribution in [0.3, 0.4) is 0 Å². The van der Waals surface area contributed by atoms with Gasteiger partial charge in [0.1, 0.15) is 0 Å². The molecule has 5 rings (SSSR count). The van der Waals surface area contributed by atoms with Crippen molar-refractivity contribution in [2.24, 2.45) is 7.05 Å². The molecule has 4 aromatic rings. The van der Waals surface area contributed by atoms with Crippen LogP contribution in [0, 0.1) is 0 Å². The van der Waals surface area contributed by atoms with Gasteiger partial charge in [-0.15, -0.1) is 0 Å². The second-order valence-corrected chi connectivity index (χ2v) is 8.16. The van der Waals surface area contributed by atoms with Gasteiger partial charge in [0.05, 0.1) is 31.5 Å². The van der Waals surface area contributed by atoms with Crippen molar-refractivity contribution in [3.63, 3.8) is 0 Å². The Hall–Kier alpha value is -3.42. The van der Waals surface area contributed by atoms with Gasteiger partial charge >= 0.3 is 0 Å². The fraction of sp³-hybridized carbons (Fsp3) is 0.280. The number of Topliss-reactive ketones (excluding diaryl/α,β-unsaturated/α-hetero) is 1. The zero-order valence-electron chi connectivity index (χ0n) is 18.1. The Kier molecular flexibility index (Phi) is 5.75. The van der Waals surface area contributed by atoms with E-state index in [9.17, 15) is 4.79 Å². The van der Waals surface area contributed by atoms with Crippen LogP contribution in [0.4, 0.5) is 0 Å². The van der Waals surface area contributed by atoms with E-state index in [0.29, 0.717) is 5.56 Å². The normalized spacial score (nSPS) is 14.7. The average Bonchev–Trinajstić information content (AvgIpc) is 3.26. The van der Waals surface area contributed by atoms with Crippen LogP contribution in [0.15, 0.2) is 61.2 Å². The van der Waals surface area contributed by atoms with Crippen LogP contribution in [-0.2, 0) is 24.8 Å². The minimum atomic E-state index is 0.0471. The number of ether oxygens (including phenoxy) is 1. The highest BCUT2D eigenvalue weighted by atomic mass is 16.5. The molecule has 0 saturated carbocycles. The van der Waals surface area contributed by atoms with Gasteiger partial charge in [-0.1, -0.05) is 12.1 Å². The molecule has 32 heavy (non-hydrogen) atoms. The summed E-state index contributed by atoms with van der Waals surface area (Å²) in [6.45, 7) is 4.00. The van der Waals surface area contributed by atoms with Gasteiger partial charge in [-0.3, -0.25) is 24.3 Å². The van der Waals surface area contributed by atoms with Gasteiger partial charge in [0, 0.05) is 67.5 Å². The van der Waals surface area contributed by atoms with Crippen LogP contribution < -0.4 is 0 Å². The maximum absolute atomic E-state index is 13.0. The van der Waals surface area contributed by atoms with E-state index in [1.54, 1.807) is 16.9 Å². The highest BCUT2D eigenvalue weighted by molar-refractivity contribution is 5.98. The Morgan fingerprint density at radius 1 is 0.969 bits per heavy atom. The summed E-state index contributed by atoms with van der Waals surface area (Å²) in [6.07, 6.45) is 7.65.